The number of benzene rings is 3. The maximum atomic E-state index is 12.9. The maximum absolute atomic E-state index is 12.9. The zero-order valence-electron chi connectivity index (χ0n) is 21.5. The first-order valence-corrected chi connectivity index (χ1v) is 13.3. The van der Waals surface area contributed by atoms with Gasteiger partial charge in [0.05, 0.1) is 6.61 Å². The Bertz CT molecular complexity index is 1200. The molecule has 1 fully saturated rings. The highest BCUT2D eigenvalue weighted by Crippen LogP contribution is 2.34. The number of nitrogens with zero attached hydrogens (tertiary/aromatic N) is 1. The van der Waals surface area contributed by atoms with Crippen molar-refractivity contribution in [2.75, 3.05) is 33.1 Å². The number of hydrogen-bond donors (Lipinski definition) is 0. The number of piperidine rings is 1. The van der Waals surface area contributed by atoms with Crippen LogP contribution in [0.25, 0.3) is 11.1 Å². The fourth-order valence-corrected chi connectivity index (χ4v) is 4.97. The molecule has 0 radical (unpaired) electrons. The number of aryl methyl sites for hydroxylation is 1. The minimum absolute atomic E-state index is 0.0454. The molecule has 2 heterocycles. The van der Waals surface area contributed by atoms with Gasteiger partial charge in [-0.25, -0.2) is 0 Å². The van der Waals surface area contributed by atoms with Gasteiger partial charge in [-0.05, 0) is 79.5 Å². The lowest BCUT2D eigenvalue weighted by molar-refractivity contribution is -0.134. The Hall–Kier alpha value is -3.67. The summed E-state index contributed by atoms with van der Waals surface area (Å²) in [5.74, 6) is 3.89. The van der Waals surface area contributed by atoms with Crippen LogP contribution in [0, 0.1) is 5.92 Å². The van der Waals surface area contributed by atoms with E-state index in [9.17, 15) is 4.79 Å². The summed E-state index contributed by atoms with van der Waals surface area (Å²) < 4.78 is 22.7. The van der Waals surface area contributed by atoms with E-state index in [0.29, 0.717) is 25.1 Å². The molecule has 0 saturated carbocycles. The standard InChI is InChI=1S/C31H35NO5/c1-2-18-34-26-7-5-6-25(20-26)27-8-3-4-9-28(27)35-21-31(33)32-16-14-23(15-17-32)10-11-24-12-13-29-30(19-24)37-22-36-29/h3-9,12-13,19-20,23H,2,10-11,14-18,21-22H2,1H3. The van der Waals surface area contributed by atoms with E-state index in [1.807, 2.05) is 59.5 Å². The van der Waals surface area contributed by atoms with Gasteiger partial charge in [-0.1, -0.05) is 43.3 Å². The molecule has 3 aromatic rings. The number of para-hydroxylation sites is 1. The molecule has 0 atom stereocenters. The van der Waals surface area contributed by atoms with Gasteiger partial charge < -0.3 is 23.8 Å². The molecule has 0 N–H and O–H groups in total. The first-order valence-electron chi connectivity index (χ1n) is 13.3. The Morgan fingerprint density at radius 1 is 0.946 bits per heavy atom. The van der Waals surface area contributed by atoms with Crippen molar-refractivity contribution in [3.63, 3.8) is 0 Å². The largest absolute Gasteiger partial charge is 0.494 e. The number of carbonyl (C=O) groups is 1. The van der Waals surface area contributed by atoms with Gasteiger partial charge in [0.15, 0.2) is 18.1 Å². The third kappa shape index (κ3) is 6.37. The van der Waals surface area contributed by atoms with E-state index in [4.69, 9.17) is 18.9 Å². The van der Waals surface area contributed by atoms with Gasteiger partial charge in [-0.2, -0.15) is 0 Å². The molecule has 1 amide bonds. The fraction of sp³-hybridized carbons (Fsp3) is 0.387. The second kappa shape index (κ2) is 12.0. The number of likely N-dealkylation sites (tertiary alicyclic amines) is 1. The van der Waals surface area contributed by atoms with Crippen molar-refractivity contribution >= 4 is 5.91 Å². The minimum Gasteiger partial charge on any atom is -0.494 e. The third-order valence-electron chi connectivity index (χ3n) is 7.10. The highest BCUT2D eigenvalue weighted by Gasteiger charge is 2.23. The van der Waals surface area contributed by atoms with Gasteiger partial charge in [0, 0.05) is 18.7 Å². The van der Waals surface area contributed by atoms with Crippen LogP contribution in [-0.4, -0.2) is 43.9 Å². The van der Waals surface area contributed by atoms with Crippen LogP contribution in [0.4, 0.5) is 0 Å². The van der Waals surface area contributed by atoms with Crippen molar-refractivity contribution < 1.29 is 23.7 Å². The minimum atomic E-state index is 0.0454. The summed E-state index contributed by atoms with van der Waals surface area (Å²) in [6, 6.07) is 22.1. The number of carbonyl (C=O) groups excluding carboxylic acids is 1. The number of amides is 1. The van der Waals surface area contributed by atoms with Gasteiger partial charge in [0.2, 0.25) is 6.79 Å². The maximum Gasteiger partial charge on any atom is 0.260 e. The van der Waals surface area contributed by atoms with Crippen LogP contribution in [-0.2, 0) is 11.2 Å². The second-order valence-electron chi connectivity index (χ2n) is 9.71. The summed E-state index contributed by atoms with van der Waals surface area (Å²) >= 11 is 0. The molecule has 0 bridgehead atoms. The molecule has 0 aliphatic carbocycles. The predicted octanol–water partition coefficient (Wildman–Crippen LogP) is 6.12. The molecule has 37 heavy (non-hydrogen) atoms. The van der Waals surface area contributed by atoms with Gasteiger partial charge in [-0.15, -0.1) is 0 Å². The molecule has 0 aromatic heterocycles. The lowest BCUT2D eigenvalue weighted by Crippen LogP contribution is -2.41. The molecule has 3 aromatic carbocycles. The first-order chi connectivity index (χ1) is 18.2. The van der Waals surface area contributed by atoms with Crippen LogP contribution in [0.5, 0.6) is 23.0 Å². The Kier molecular flexibility index (Phi) is 8.14. The highest BCUT2D eigenvalue weighted by atomic mass is 16.7. The summed E-state index contributed by atoms with van der Waals surface area (Å²) in [7, 11) is 0. The molecule has 2 aliphatic rings. The molecule has 194 valence electrons. The van der Waals surface area contributed by atoms with Crippen molar-refractivity contribution in [3.8, 4) is 34.1 Å². The van der Waals surface area contributed by atoms with Crippen LogP contribution in [0.2, 0.25) is 0 Å². The Labute approximate surface area is 219 Å². The molecule has 6 heteroatoms. The van der Waals surface area contributed by atoms with Crippen molar-refractivity contribution in [2.45, 2.75) is 39.0 Å². The summed E-state index contributed by atoms with van der Waals surface area (Å²) in [6.45, 7) is 4.70. The van der Waals surface area contributed by atoms with E-state index in [2.05, 4.69) is 19.1 Å². The number of fused-ring (bicyclic) bond motifs is 1. The zero-order chi connectivity index (χ0) is 25.5. The van der Waals surface area contributed by atoms with Crippen LogP contribution in [0.1, 0.15) is 38.2 Å². The molecule has 0 unspecified atom stereocenters. The Morgan fingerprint density at radius 2 is 1.78 bits per heavy atom. The average Bonchev–Trinajstić information content (AvgIpc) is 3.42. The molecular formula is C31H35NO5. The number of hydrogen-bond acceptors (Lipinski definition) is 5. The van der Waals surface area contributed by atoms with Gasteiger partial charge in [0.1, 0.15) is 11.5 Å². The van der Waals surface area contributed by atoms with E-state index >= 15 is 0 Å². The smallest absolute Gasteiger partial charge is 0.260 e. The number of rotatable bonds is 10. The predicted molar refractivity (Wildman–Crippen MR) is 143 cm³/mol. The average molecular weight is 502 g/mol. The van der Waals surface area contributed by atoms with Crippen LogP contribution in [0.3, 0.4) is 0 Å². The van der Waals surface area contributed by atoms with Gasteiger partial charge >= 0.3 is 0 Å². The summed E-state index contributed by atoms with van der Waals surface area (Å²) in [5.41, 5.74) is 3.25. The summed E-state index contributed by atoms with van der Waals surface area (Å²) in [4.78, 5) is 14.9. The van der Waals surface area contributed by atoms with Crippen molar-refractivity contribution in [2.24, 2.45) is 5.92 Å². The van der Waals surface area contributed by atoms with Gasteiger partial charge in [0.25, 0.3) is 5.91 Å². The molecular weight excluding hydrogens is 466 g/mol. The lowest BCUT2D eigenvalue weighted by Gasteiger charge is -2.32. The topological polar surface area (TPSA) is 57.2 Å². The Morgan fingerprint density at radius 3 is 2.65 bits per heavy atom. The van der Waals surface area contributed by atoms with E-state index in [1.165, 1.54) is 5.56 Å². The molecule has 1 saturated heterocycles. The molecule has 2 aliphatic heterocycles. The van der Waals surface area contributed by atoms with E-state index in [-0.39, 0.29) is 12.5 Å². The Balaban J connectivity index is 1.10. The lowest BCUT2D eigenvalue weighted by atomic mass is 9.90. The quantitative estimate of drug-likeness (QED) is 0.335. The zero-order valence-corrected chi connectivity index (χ0v) is 21.5. The fourth-order valence-electron chi connectivity index (χ4n) is 4.97. The van der Waals surface area contributed by atoms with Crippen LogP contribution >= 0.6 is 0 Å². The van der Waals surface area contributed by atoms with Gasteiger partial charge in [-0.3, -0.25) is 4.79 Å². The SMILES string of the molecule is CCCOc1cccc(-c2ccccc2OCC(=O)N2CCC(CCc3ccc4c(c3)OCO4)CC2)c1. The highest BCUT2D eigenvalue weighted by molar-refractivity contribution is 5.78. The van der Waals surface area contributed by atoms with E-state index in [0.717, 1.165) is 73.6 Å². The molecule has 6 nitrogen and oxygen atoms in total. The normalized spacial score (nSPS) is 15.0. The van der Waals surface area contributed by atoms with Crippen molar-refractivity contribution in [1.82, 2.24) is 4.90 Å². The van der Waals surface area contributed by atoms with Crippen LogP contribution in [0.15, 0.2) is 66.7 Å². The first kappa shape index (κ1) is 25.0. The number of ether oxygens (including phenoxy) is 4. The van der Waals surface area contributed by atoms with Crippen molar-refractivity contribution in [3.05, 3.63) is 72.3 Å². The summed E-state index contributed by atoms with van der Waals surface area (Å²) in [6.07, 6.45) is 5.14. The molecule has 0 spiro atoms. The van der Waals surface area contributed by atoms with E-state index in [1.54, 1.807) is 0 Å². The van der Waals surface area contributed by atoms with Crippen molar-refractivity contribution in [1.29, 1.82) is 0 Å². The van der Waals surface area contributed by atoms with E-state index < -0.39 is 0 Å². The van der Waals surface area contributed by atoms with Crippen LogP contribution < -0.4 is 18.9 Å². The molecule has 5 rings (SSSR count). The monoisotopic (exact) mass is 501 g/mol. The third-order valence-corrected chi connectivity index (χ3v) is 7.10. The second-order valence-corrected chi connectivity index (χ2v) is 9.71. The summed E-state index contributed by atoms with van der Waals surface area (Å²) in [5, 5.41) is 0.